The zero-order valence-electron chi connectivity index (χ0n) is 20.0. The molecule has 0 aliphatic carbocycles. The maximum Gasteiger partial charge on any atom is 0.408 e. The van der Waals surface area contributed by atoms with E-state index < -0.39 is 18.8 Å². The Kier molecular flexibility index (Phi) is 6.06. The van der Waals surface area contributed by atoms with Crippen molar-refractivity contribution < 1.29 is 22.7 Å². The van der Waals surface area contributed by atoms with Gasteiger partial charge in [-0.15, -0.1) is 0 Å². The number of amides is 2. The van der Waals surface area contributed by atoms with Crippen molar-refractivity contribution in [3.05, 3.63) is 55.0 Å². The van der Waals surface area contributed by atoms with Crippen molar-refractivity contribution in [2.45, 2.75) is 37.7 Å². The number of aromatic nitrogens is 5. The van der Waals surface area contributed by atoms with E-state index in [1.165, 1.54) is 12.4 Å². The van der Waals surface area contributed by atoms with Crippen molar-refractivity contribution in [2.24, 2.45) is 0 Å². The van der Waals surface area contributed by atoms with Crippen molar-refractivity contribution in [1.82, 2.24) is 24.7 Å². The number of urea groups is 1. The molecule has 2 bridgehead atoms. The molecule has 2 amide bonds. The second-order valence-corrected chi connectivity index (χ2v) is 9.26. The number of fused-ring (bicyclic) bond motifs is 4. The number of halogens is 3. The second kappa shape index (κ2) is 9.56. The number of pyridine rings is 1. The van der Waals surface area contributed by atoms with Crippen LogP contribution in [-0.4, -0.2) is 62.2 Å². The first kappa shape index (κ1) is 24.1. The van der Waals surface area contributed by atoms with Crippen molar-refractivity contribution in [3.8, 4) is 11.4 Å². The molecule has 3 aliphatic heterocycles. The molecule has 0 spiro atoms. The van der Waals surface area contributed by atoms with Gasteiger partial charge in [0.2, 0.25) is 0 Å². The van der Waals surface area contributed by atoms with Crippen LogP contribution in [0.3, 0.4) is 0 Å². The molecule has 3 aromatic heterocycles. The minimum absolute atomic E-state index is 0.0573. The molecule has 1 aromatic carbocycles. The zero-order valence-corrected chi connectivity index (χ0v) is 20.0. The maximum atomic E-state index is 13.3. The first-order chi connectivity index (χ1) is 18.3. The Labute approximate surface area is 214 Å². The van der Waals surface area contributed by atoms with Crippen LogP contribution in [0.5, 0.6) is 0 Å². The number of carbonyl (C=O) groups excluding carboxylic acids is 1. The van der Waals surface area contributed by atoms with Gasteiger partial charge in [0.05, 0.1) is 42.2 Å². The molecule has 3 saturated heterocycles. The quantitative estimate of drug-likeness (QED) is 0.397. The van der Waals surface area contributed by atoms with Crippen LogP contribution >= 0.6 is 0 Å². The van der Waals surface area contributed by atoms with E-state index in [1.807, 2.05) is 0 Å². The highest BCUT2D eigenvalue weighted by Crippen LogP contribution is 2.35. The van der Waals surface area contributed by atoms with Gasteiger partial charge in [0.15, 0.2) is 11.5 Å². The predicted octanol–water partition coefficient (Wildman–Crippen LogP) is 4.46. The lowest BCUT2D eigenvalue weighted by atomic mass is 9.97. The highest BCUT2D eigenvalue weighted by atomic mass is 19.4. The van der Waals surface area contributed by atoms with Gasteiger partial charge in [-0.05, 0) is 49.2 Å². The average molecular weight is 525 g/mol. The molecule has 2 atom stereocenters. The van der Waals surface area contributed by atoms with Gasteiger partial charge in [0, 0.05) is 24.0 Å². The first-order valence-electron chi connectivity index (χ1n) is 12.1. The molecule has 38 heavy (non-hydrogen) atoms. The fraction of sp³-hybridized carbons (Fsp3) is 0.320. The van der Waals surface area contributed by atoms with Gasteiger partial charge >= 0.3 is 12.2 Å². The van der Waals surface area contributed by atoms with Gasteiger partial charge in [-0.2, -0.15) is 18.3 Å². The number of carbonyl (C=O) groups is 1. The molecule has 10 nitrogen and oxygen atoms in total. The molecule has 3 fully saturated rings. The Morgan fingerprint density at radius 2 is 1.87 bits per heavy atom. The third kappa shape index (κ3) is 4.96. The number of nitrogens with one attached hydrogen (secondary N) is 2. The number of benzene rings is 1. The molecule has 0 radical (unpaired) electrons. The van der Waals surface area contributed by atoms with Gasteiger partial charge in [-0.3, -0.25) is 4.98 Å². The molecular weight excluding hydrogens is 501 g/mol. The SMILES string of the molecule is O=C(Nc1ccc(-c2nc(N3CC4CCC3CO4)c3cnn(CC(F)(F)F)c3n2)cc1)Nc1cccnc1. The van der Waals surface area contributed by atoms with E-state index in [2.05, 4.69) is 30.6 Å². The average Bonchev–Trinajstić information content (AvgIpc) is 3.31. The molecular formula is C25H23F3N8O2. The molecule has 196 valence electrons. The number of ether oxygens (including phenoxy) is 1. The van der Waals surface area contributed by atoms with Crippen LogP contribution in [0.4, 0.5) is 35.2 Å². The van der Waals surface area contributed by atoms with Crippen LogP contribution in [0.1, 0.15) is 12.8 Å². The Morgan fingerprint density at radius 3 is 2.53 bits per heavy atom. The summed E-state index contributed by atoms with van der Waals surface area (Å²) in [5.74, 6) is 0.819. The molecule has 2 unspecified atom stereocenters. The van der Waals surface area contributed by atoms with Crippen LogP contribution in [0, 0.1) is 0 Å². The summed E-state index contributed by atoms with van der Waals surface area (Å²) in [7, 11) is 0. The number of rotatable bonds is 5. The lowest BCUT2D eigenvalue weighted by Crippen LogP contribution is -2.55. The topological polar surface area (TPSA) is 110 Å². The third-order valence-corrected chi connectivity index (χ3v) is 6.58. The van der Waals surface area contributed by atoms with Gasteiger partial charge < -0.3 is 20.3 Å². The van der Waals surface area contributed by atoms with Gasteiger partial charge in [-0.25, -0.2) is 19.4 Å². The summed E-state index contributed by atoms with van der Waals surface area (Å²) in [6.45, 7) is -0.101. The normalized spacial score (nSPS) is 19.1. The summed E-state index contributed by atoms with van der Waals surface area (Å²) in [5, 5.41) is 9.87. The van der Waals surface area contributed by atoms with Crippen LogP contribution in [-0.2, 0) is 11.3 Å². The van der Waals surface area contributed by atoms with Crippen molar-refractivity contribution in [3.63, 3.8) is 0 Å². The van der Waals surface area contributed by atoms with E-state index in [1.54, 1.807) is 42.6 Å². The smallest absolute Gasteiger partial charge is 0.374 e. The predicted molar refractivity (Wildman–Crippen MR) is 134 cm³/mol. The first-order valence-corrected chi connectivity index (χ1v) is 12.1. The van der Waals surface area contributed by atoms with Gasteiger partial charge in [0.25, 0.3) is 0 Å². The molecule has 13 heteroatoms. The van der Waals surface area contributed by atoms with Crippen LogP contribution in [0.25, 0.3) is 22.4 Å². The number of alkyl halides is 3. The summed E-state index contributed by atoms with van der Waals surface area (Å²) in [4.78, 5) is 27.6. The van der Waals surface area contributed by atoms with Gasteiger partial charge in [-0.1, -0.05) is 0 Å². The summed E-state index contributed by atoms with van der Waals surface area (Å²) >= 11 is 0. The van der Waals surface area contributed by atoms with E-state index >= 15 is 0 Å². The Bertz CT molecular complexity index is 1450. The molecule has 4 aromatic rings. The van der Waals surface area contributed by atoms with Crippen molar-refractivity contribution >= 4 is 34.3 Å². The summed E-state index contributed by atoms with van der Waals surface area (Å²) in [6, 6.07) is 9.83. The number of piperidine rings is 1. The fourth-order valence-electron chi connectivity index (χ4n) is 4.82. The van der Waals surface area contributed by atoms with E-state index in [0.717, 1.165) is 17.5 Å². The highest BCUT2D eigenvalue weighted by molar-refractivity contribution is 5.99. The minimum atomic E-state index is -4.45. The van der Waals surface area contributed by atoms with Crippen LogP contribution in [0.2, 0.25) is 0 Å². The van der Waals surface area contributed by atoms with E-state index in [4.69, 9.17) is 9.72 Å². The van der Waals surface area contributed by atoms with E-state index in [-0.39, 0.29) is 23.6 Å². The largest absolute Gasteiger partial charge is 0.408 e. The Balaban J connectivity index is 1.31. The molecule has 0 saturated carbocycles. The fourth-order valence-corrected chi connectivity index (χ4v) is 4.82. The monoisotopic (exact) mass is 524 g/mol. The lowest BCUT2D eigenvalue weighted by molar-refractivity contribution is -0.141. The Hall–Kier alpha value is -4.26. The molecule has 7 rings (SSSR count). The standard InChI is InChI=1S/C25H23F3N8O2/c26-25(27,28)14-36-23-20(11-30-36)22(35-12-19-8-7-18(35)13-38-19)33-21(34-23)15-3-5-16(6-4-15)31-24(37)32-17-2-1-9-29-10-17/h1-6,9-11,18-19H,7-8,12-14H2,(H2,31,32,37). The maximum absolute atomic E-state index is 13.3. The number of hydrogen-bond donors (Lipinski definition) is 2. The molecule has 3 aliphatic rings. The lowest BCUT2D eigenvalue weighted by Gasteiger charge is -2.45. The molecule has 2 N–H and O–H groups in total. The van der Waals surface area contributed by atoms with E-state index in [9.17, 15) is 18.0 Å². The number of anilines is 3. The Morgan fingerprint density at radius 1 is 1.05 bits per heavy atom. The minimum Gasteiger partial charge on any atom is -0.374 e. The van der Waals surface area contributed by atoms with E-state index in [0.29, 0.717) is 41.3 Å². The van der Waals surface area contributed by atoms with Crippen LogP contribution < -0.4 is 15.5 Å². The van der Waals surface area contributed by atoms with Crippen molar-refractivity contribution in [1.29, 1.82) is 0 Å². The summed E-state index contributed by atoms with van der Waals surface area (Å²) < 4.78 is 46.5. The molecule has 6 heterocycles. The summed E-state index contributed by atoms with van der Waals surface area (Å²) in [5.41, 5.74) is 1.76. The summed E-state index contributed by atoms with van der Waals surface area (Å²) in [6.07, 6.45) is 2.00. The van der Waals surface area contributed by atoms with Crippen LogP contribution in [0.15, 0.2) is 55.0 Å². The third-order valence-electron chi connectivity index (χ3n) is 6.58. The zero-order chi connectivity index (χ0) is 26.3. The highest BCUT2D eigenvalue weighted by Gasteiger charge is 2.37. The number of morpholine rings is 1. The number of hydrogen-bond acceptors (Lipinski definition) is 7. The van der Waals surface area contributed by atoms with Gasteiger partial charge in [0.1, 0.15) is 12.4 Å². The second-order valence-electron chi connectivity index (χ2n) is 9.26. The van der Waals surface area contributed by atoms with Crippen molar-refractivity contribution in [2.75, 3.05) is 28.7 Å². The number of nitrogens with zero attached hydrogens (tertiary/aromatic N) is 6.